The van der Waals surface area contributed by atoms with E-state index in [1.165, 1.54) is 30.3 Å². The average molecular weight is 391 g/mol. The Morgan fingerprint density at radius 1 is 1.22 bits per heavy atom. The minimum Gasteiger partial charge on any atom is -0.335 e. The van der Waals surface area contributed by atoms with Gasteiger partial charge in [0.2, 0.25) is 5.91 Å². The summed E-state index contributed by atoms with van der Waals surface area (Å²) in [5.41, 5.74) is 0.965. The summed E-state index contributed by atoms with van der Waals surface area (Å²) in [6, 6.07) is 6.71. The van der Waals surface area contributed by atoms with Gasteiger partial charge in [0.05, 0.1) is 5.75 Å². The van der Waals surface area contributed by atoms with Crippen LogP contribution in [0.2, 0.25) is 0 Å². The minimum absolute atomic E-state index is 0.109. The van der Waals surface area contributed by atoms with Crippen molar-refractivity contribution in [2.24, 2.45) is 7.05 Å². The minimum atomic E-state index is -0.251. The fraction of sp³-hybridized carbons (Fsp3) is 0.550. The largest absolute Gasteiger partial charge is 0.335 e. The first-order valence-corrected chi connectivity index (χ1v) is 10.6. The molecule has 1 heterocycles. The molecule has 1 aromatic heterocycles. The normalized spacial score (nSPS) is 15.1. The third-order valence-electron chi connectivity index (χ3n) is 5.17. The van der Waals surface area contributed by atoms with E-state index in [4.69, 9.17) is 0 Å². The number of hydrogen-bond donors (Lipinski definition) is 0. The number of nitrogens with zero attached hydrogens (tertiary/aromatic N) is 4. The highest BCUT2D eigenvalue weighted by Crippen LogP contribution is 2.26. The molecule has 146 valence electrons. The van der Waals surface area contributed by atoms with Crippen LogP contribution in [0.5, 0.6) is 0 Å². The van der Waals surface area contributed by atoms with E-state index in [2.05, 4.69) is 10.2 Å². The summed E-state index contributed by atoms with van der Waals surface area (Å²) in [6.07, 6.45) is 6.46. The van der Waals surface area contributed by atoms with Gasteiger partial charge in [-0.15, -0.1) is 10.2 Å². The van der Waals surface area contributed by atoms with Gasteiger partial charge in [0.15, 0.2) is 5.16 Å². The van der Waals surface area contributed by atoms with Crippen molar-refractivity contribution in [1.29, 1.82) is 0 Å². The second kappa shape index (κ2) is 9.35. The SMILES string of the molecule is CCc1nnc(SCC(=O)N(Cc2ccc(F)cc2)C2CCCCC2)n1C. The van der Waals surface area contributed by atoms with Crippen LogP contribution >= 0.6 is 11.8 Å². The zero-order valence-corrected chi connectivity index (χ0v) is 16.8. The third-order valence-corrected chi connectivity index (χ3v) is 6.17. The van der Waals surface area contributed by atoms with Crippen LogP contribution in [0.15, 0.2) is 29.4 Å². The Morgan fingerprint density at radius 2 is 1.93 bits per heavy atom. The first-order chi connectivity index (χ1) is 13.1. The lowest BCUT2D eigenvalue weighted by Crippen LogP contribution is -2.42. The van der Waals surface area contributed by atoms with Crippen LogP contribution < -0.4 is 0 Å². The summed E-state index contributed by atoms with van der Waals surface area (Å²) in [6.45, 7) is 2.57. The molecule has 0 N–H and O–H groups in total. The number of aromatic nitrogens is 3. The van der Waals surface area contributed by atoms with E-state index in [1.807, 2.05) is 23.4 Å². The van der Waals surface area contributed by atoms with Gasteiger partial charge in [-0.3, -0.25) is 4.79 Å². The predicted molar refractivity (Wildman–Crippen MR) is 105 cm³/mol. The molecule has 0 atom stereocenters. The van der Waals surface area contributed by atoms with E-state index >= 15 is 0 Å². The molecule has 2 aromatic rings. The molecule has 0 aliphatic heterocycles. The highest BCUT2D eigenvalue weighted by Gasteiger charge is 2.26. The summed E-state index contributed by atoms with van der Waals surface area (Å²) < 4.78 is 15.2. The van der Waals surface area contributed by atoms with Crippen molar-refractivity contribution in [2.45, 2.75) is 63.2 Å². The van der Waals surface area contributed by atoms with E-state index in [9.17, 15) is 9.18 Å². The quantitative estimate of drug-likeness (QED) is 0.671. The molecule has 27 heavy (non-hydrogen) atoms. The van der Waals surface area contributed by atoms with Crippen LogP contribution in [-0.4, -0.2) is 37.4 Å². The van der Waals surface area contributed by atoms with Gasteiger partial charge in [0, 0.05) is 26.1 Å². The number of rotatable bonds is 7. The van der Waals surface area contributed by atoms with Gasteiger partial charge in [-0.05, 0) is 30.5 Å². The van der Waals surface area contributed by atoms with Crippen LogP contribution in [0.25, 0.3) is 0 Å². The van der Waals surface area contributed by atoms with Crippen molar-refractivity contribution in [2.75, 3.05) is 5.75 Å². The topological polar surface area (TPSA) is 51.0 Å². The molecule has 1 aromatic carbocycles. The zero-order valence-electron chi connectivity index (χ0n) is 16.0. The maximum atomic E-state index is 13.2. The number of amides is 1. The van der Waals surface area contributed by atoms with Crippen molar-refractivity contribution >= 4 is 17.7 Å². The van der Waals surface area contributed by atoms with Gasteiger partial charge >= 0.3 is 0 Å². The highest BCUT2D eigenvalue weighted by atomic mass is 32.2. The van der Waals surface area contributed by atoms with E-state index in [1.54, 1.807) is 12.1 Å². The van der Waals surface area contributed by atoms with Crippen molar-refractivity contribution in [3.63, 3.8) is 0 Å². The lowest BCUT2D eigenvalue weighted by atomic mass is 9.94. The first kappa shape index (κ1) is 19.9. The van der Waals surface area contributed by atoms with Crippen LogP contribution in [0.4, 0.5) is 4.39 Å². The van der Waals surface area contributed by atoms with Crippen LogP contribution in [-0.2, 0) is 24.8 Å². The molecule has 3 rings (SSSR count). The molecular formula is C20H27FN4OS. The third kappa shape index (κ3) is 5.09. The summed E-state index contributed by atoms with van der Waals surface area (Å²) >= 11 is 1.43. The zero-order chi connectivity index (χ0) is 19.2. The molecule has 1 aliphatic rings. The number of carbonyl (C=O) groups is 1. The highest BCUT2D eigenvalue weighted by molar-refractivity contribution is 7.99. The Bertz CT molecular complexity index is 756. The second-order valence-electron chi connectivity index (χ2n) is 7.04. The molecule has 5 nitrogen and oxygen atoms in total. The van der Waals surface area contributed by atoms with Gasteiger partial charge in [-0.1, -0.05) is 50.1 Å². The Balaban J connectivity index is 1.69. The van der Waals surface area contributed by atoms with Gasteiger partial charge < -0.3 is 9.47 Å². The molecule has 1 saturated carbocycles. The van der Waals surface area contributed by atoms with Crippen molar-refractivity contribution in [3.05, 3.63) is 41.5 Å². The van der Waals surface area contributed by atoms with Gasteiger partial charge in [0.1, 0.15) is 11.6 Å². The standard InChI is InChI=1S/C20H27FN4OS/c1-3-18-22-23-20(24(18)2)27-14-19(26)25(17-7-5-4-6-8-17)13-15-9-11-16(21)12-10-15/h9-12,17H,3-8,13-14H2,1-2H3. The van der Waals surface area contributed by atoms with E-state index in [-0.39, 0.29) is 17.8 Å². The monoisotopic (exact) mass is 390 g/mol. The van der Waals surface area contributed by atoms with Crippen LogP contribution in [0.3, 0.4) is 0 Å². The fourth-order valence-corrected chi connectivity index (χ4v) is 4.40. The van der Waals surface area contributed by atoms with E-state index in [0.29, 0.717) is 12.3 Å². The molecule has 7 heteroatoms. The lowest BCUT2D eigenvalue weighted by molar-refractivity contribution is -0.132. The van der Waals surface area contributed by atoms with Gasteiger partial charge in [-0.2, -0.15) is 0 Å². The molecule has 0 unspecified atom stereocenters. The van der Waals surface area contributed by atoms with Crippen molar-refractivity contribution in [1.82, 2.24) is 19.7 Å². The molecular weight excluding hydrogens is 363 g/mol. The first-order valence-electron chi connectivity index (χ1n) is 9.63. The molecule has 0 spiro atoms. The second-order valence-corrected chi connectivity index (χ2v) is 7.98. The number of carbonyl (C=O) groups excluding carboxylic acids is 1. The maximum absolute atomic E-state index is 13.2. The smallest absolute Gasteiger partial charge is 0.233 e. The van der Waals surface area contributed by atoms with Gasteiger partial charge in [-0.25, -0.2) is 4.39 Å². The Morgan fingerprint density at radius 3 is 2.56 bits per heavy atom. The van der Waals surface area contributed by atoms with Crippen molar-refractivity contribution < 1.29 is 9.18 Å². The summed E-state index contributed by atoms with van der Waals surface area (Å²) in [5, 5.41) is 9.11. The molecule has 1 fully saturated rings. The number of benzene rings is 1. The maximum Gasteiger partial charge on any atom is 0.233 e. The fourth-order valence-electron chi connectivity index (χ4n) is 3.59. The van der Waals surface area contributed by atoms with Crippen LogP contribution in [0, 0.1) is 5.82 Å². The van der Waals surface area contributed by atoms with Crippen molar-refractivity contribution in [3.8, 4) is 0 Å². The number of halogens is 1. The number of thioether (sulfide) groups is 1. The Kier molecular flexibility index (Phi) is 6.88. The molecule has 0 saturated heterocycles. The van der Waals surface area contributed by atoms with Crippen LogP contribution in [0.1, 0.15) is 50.4 Å². The van der Waals surface area contributed by atoms with E-state index in [0.717, 1.165) is 48.6 Å². The Hall–Kier alpha value is -1.89. The Labute approximate surface area is 164 Å². The summed E-state index contributed by atoms with van der Waals surface area (Å²) in [5.74, 6) is 1.12. The molecule has 0 bridgehead atoms. The molecule has 1 amide bonds. The molecule has 0 radical (unpaired) electrons. The number of aryl methyl sites for hydroxylation is 1. The number of hydrogen-bond acceptors (Lipinski definition) is 4. The van der Waals surface area contributed by atoms with E-state index < -0.39 is 0 Å². The summed E-state index contributed by atoms with van der Waals surface area (Å²) in [7, 11) is 1.93. The average Bonchev–Trinajstić information content (AvgIpc) is 3.06. The predicted octanol–water partition coefficient (Wildman–Crippen LogP) is 3.97. The summed E-state index contributed by atoms with van der Waals surface area (Å²) in [4.78, 5) is 15.0. The lowest BCUT2D eigenvalue weighted by Gasteiger charge is -2.34. The van der Waals surface area contributed by atoms with Gasteiger partial charge in [0.25, 0.3) is 0 Å². The molecule has 1 aliphatic carbocycles.